The summed E-state index contributed by atoms with van der Waals surface area (Å²) >= 11 is 0. The van der Waals surface area contributed by atoms with Gasteiger partial charge < -0.3 is 27.2 Å². The number of nitrogens with two attached hydrogens (primary N) is 2. The molecule has 0 saturated heterocycles. The monoisotopic (exact) mass is 287 g/mol. The fourth-order valence-corrected chi connectivity index (χ4v) is 1.65. The van der Waals surface area contributed by atoms with Gasteiger partial charge in [0.05, 0.1) is 6.04 Å². The van der Waals surface area contributed by atoms with Crippen molar-refractivity contribution in [1.82, 2.24) is 10.6 Å². The molecule has 0 aromatic heterocycles. The average molecular weight is 287 g/mol. The first-order chi connectivity index (χ1) is 9.23. The average Bonchev–Trinajstić information content (AvgIpc) is 2.32. The Morgan fingerprint density at radius 2 is 1.95 bits per heavy atom. The molecule has 0 bridgehead atoms. The summed E-state index contributed by atoms with van der Waals surface area (Å²) in [5.74, 6) is -1.50. The van der Waals surface area contributed by atoms with Crippen molar-refractivity contribution in [2.75, 3.05) is 6.54 Å². The highest BCUT2D eigenvalue weighted by atomic mass is 16.4. The van der Waals surface area contributed by atoms with Crippen molar-refractivity contribution in [3.8, 4) is 0 Å². The van der Waals surface area contributed by atoms with Gasteiger partial charge in [0, 0.05) is 6.54 Å². The van der Waals surface area contributed by atoms with Crippen molar-refractivity contribution in [1.29, 1.82) is 5.41 Å². The molecule has 8 nitrogen and oxygen atoms in total. The van der Waals surface area contributed by atoms with E-state index in [1.54, 1.807) is 0 Å². The van der Waals surface area contributed by atoms with Crippen LogP contribution in [0.1, 0.15) is 33.1 Å². The molecule has 0 aliphatic carbocycles. The Hall–Kier alpha value is -1.83. The number of carbonyl (C=O) groups excluding carboxylic acids is 1. The van der Waals surface area contributed by atoms with Gasteiger partial charge in [0.25, 0.3) is 0 Å². The van der Waals surface area contributed by atoms with E-state index in [0.29, 0.717) is 25.8 Å². The van der Waals surface area contributed by atoms with Crippen molar-refractivity contribution >= 4 is 17.8 Å². The molecule has 0 aromatic carbocycles. The van der Waals surface area contributed by atoms with Crippen molar-refractivity contribution in [3.05, 3.63) is 0 Å². The number of nitrogens with one attached hydrogen (secondary N) is 3. The molecule has 0 aliphatic rings. The summed E-state index contributed by atoms with van der Waals surface area (Å²) in [6.07, 6.45) is 1.32. The number of aliphatic carboxylic acids is 1. The molecule has 0 fully saturated rings. The second kappa shape index (κ2) is 9.13. The molecule has 1 amide bonds. The predicted molar refractivity (Wildman–Crippen MR) is 76.1 cm³/mol. The molecule has 20 heavy (non-hydrogen) atoms. The van der Waals surface area contributed by atoms with Gasteiger partial charge >= 0.3 is 5.97 Å². The molecule has 0 aromatic rings. The lowest BCUT2D eigenvalue weighted by atomic mass is 10.0. The van der Waals surface area contributed by atoms with Crippen LogP contribution in [0.5, 0.6) is 0 Å². The molecule has 116 valence electrons. The maximum atomic E-state index is 11.8. The molecule has 0 unspecified atom stereocenters. The minimum atomic E-state index is -1.06. The molecular weight excluding hydrogens is 262 g/mol. The van der Waals surface area contributed by atoms with Crippen molar-refractivity contribution in [2.24, 2.45) is 17.4 Å². The Kier molecular flexibility index (Phi) is 8.30. The quantitative estimate of drug-likeness (QED) is 0.185. The number of rotatable bonds is 9. The van der Waals surface area contributed by atoms with Crippen molar-refractivity contribution in [2.45, 2.75) is 45.2 Å². The first-order valence-corrected chi connectivity index (χ1v) is 6.60. The summed E-state index contributed by atoms with van der Waals surface area (Å²) in [5.41, 5.74) is 10.8. The number of carbonyl (C=O) groups is 2. The van der Waals surface area contributed by atoms with E-state index in [4.69, 9.17) is 22.0 Å². The van der Waals surface area contributed by atoms with Gasteiger partial charge in [-0.25, -0.2) is 4.79 Å². The maximum absolute atomic E-state index is 11.8. The number of carboxylic acid groups (broad SMARTS) is 1. The second-order valence-electron chi connectivity index (χ2n) is 5.12. The van der Waals surface area contributed by atoms with Gasteiger partial charge in [-0.1, -0.05) is 13.8 Å². The molecule has 0 aliphatic heterocycles. The lowest BCUT2D eigenvalue weighted by Crippen LogP contribution is -2.49. The summed E-state index contributed by atoms with van der Waals surface area (Å²) in [6, 6.07) is -1.68. The molecule has 0 saturated carbocycles. The van der Waals surface area contributed by atoms with Crippen LogP contribution in [0.25, 0.3) is 0 Å². The van der Waals surface area contributed by atoms with E-state index in [1.165, 1.54) is 0 Å². The Morgan fingerprint density at radius 1 is 1.35 bits per heavy atom. The van der Waals surface area contributed by atoms with E-state index >= 15 is 0 Å². The van der Waals surface area contributed by atoms with E-state index in [-0.39, 0.29) is 11.9 Å². The Morgan fingerprint density at radius 3 is 2.40 bits per heavy atom. The second-order valence-corrected chi connectivity index (χ2v) is 5.12. The van der Waals surface area contributed by atoms with Crippen LogP contribution in [0.4, 0.5) is 0 Å². The zero-order chi connectivity index (χ0) is 15.7. The van der Waals surface area contributed by atoms with Crippen LogP contribution in [0.15, 0.2) is 0 Å². The van der Waals surface area contributed by atoms with Crippen LogP contribution < -0.4 is 22.1 Å². The van der Waals surface area contributed by atoms with Crippen LogP contribution in [-0.4, -0.2) is 41.6 Å². The molecule has 0 rings (SSSR count). The van der Waals surface area contributed by atoms with Gasteiger partial charge in [-0.05, 0) is 25.2 Å². The zero-order valence-corrected chi connectivity index (χ0v) is 12.0. The number of amides is 1. The highest BCUT2D eigenvalue weighted by molar-refractivity contribution is 5.86. The maximum Gasteiger partial charge on any atom is 0.326 e. The molecule has 0 radical (unpaired) electrons. The van der Waals surface area contributed by atoms with Crippen LogP contribution in [0.2, 0.25) is 0 Å². The smallest absolute Gasteiger partial charge is 0.326 e. The molecular formula is C12H25N5O3. The SMILES string of the molecule is CC(C)C[C@@H](NC(=O)[C@H](N)CCCNC(=N)N)C(=O)O. The summed E-state index contributed by atoms with van der Waals surface area (Å²) in [6.45, 7) is 4.22. The number of carboxylic acids is 1. The fourth-order valence-electron chi connectivity index (χ4n) is 1.65. The van der Waals surface area contributed by atoms with Gasteiger partial charge in [0.15, 0.2) is 5.96 Å². The van der Waals surface area contributed by atoms with Crippen molar-refractivity contribution < 1.29 is 14.7 Å². The van der Waals surface area contributed by atoms with Gasteiger partial charge in [-0.2, -0.15) is 0 Å². The number of hydrogen-bond acceptors (Lipinski definition) is 4. The lowest BCUT2D eigenvalue weighted by Gasteiger charge is -2.19. The Balaban J connectivity index is 4.15. The zero-order valence-electron chi connectivity index (χ0n) is 12.0. The highest BCUT2D eigenvalue weighted by Crippen LogP contribution is 2.05. The highest BCUT2D eigenvalue weighted by Gasteiger charge is 2.23. The standard InChI is InChI=1S/C12H25N5O3/c1-7(2)6-9(11(19)20)17-10(18)8(13)4-3-5-16-12(14)15/h7-9H,3-6,13H2,1-2H3,(H,17,18)(H,19,20)(H4,14,15,16)/t8-,9-/m1/s1. The summed E-state index contributed by atoms with van der Waals surface area (Å²) in [7, 11) is 0. The molecule has 8 heteroatoms. The Bertz CT molecular complexity index is 346. The van der Waals surface area contributed by atoms with Gasteiger partial charge in [0.1, 0.15) is 6.04 Å². The van der Waals surface area contributed by atoms with E-state index in [2.05, 4.69) is 10.6 Å². The Labute approximate surface area is 118 Å². The van der Waals surface area contributed by atoms with Gasteiger partial charge in [-0.3, -0.25) is 10.2 Å². The predicted octanol–water partition coefficient (Wildman–Crippen LogP) is -0.808. The first-order valence-electron chi connectivity index (χ1n) is 6.60. The minimum Gasteiger partial charge on any atom is -0.480 e. The molecule has 8 N–H and O–H groups in total. The topological polar surface area (TPSA) is 154 Å². The lowest BCUT2D eigenvalue weighted by molar-refractivity contribution is -0.142. The molecule has 0 heterocycles. The number of guanidine groups is 1. The van der Waals surface area contributed by atoms with E-state index < -0.39 is 24.0 Å². The van der Waals surface area contributed by atoms with E-state index in [0.717, 1.165) is 0 Å². The van der Waals surface area contributed by atoms with Gasteiger partial charge in [0.2, 0.25) is 5.91 Å². The first kappa shape index (κ1) is 18.2. The van der Waals surface area contributed by atoms with Crippen LogP contribution in [0, 0.1) is 11.3 Å². The molecule has 2 atom stereocenters. The third-order valence-electron chi connectivity index (χ3n) is 2.67. The third kappa shape index (κ3) is 8.30. The van der Waals surface area contributed by atoms with E-state index in [1.807, 2.05) is 13.8 Å². The summed E-state index contributed by atoms with van der Waals surface area (Å²) in [5, 5.41) is 21.0. The minimum absolute atomic E-state index is 0.133. The number of hydrogen-bond donors (Lipinski definition) is 6. The summed E-state index contributed by atoms with van der Waals surface area (Å²) < 4.78 is 0. The summed E-state index contributed by atoms with van der Waals surface area (Å²) in [4.78, 5) is 22.8. The van der Waals surface area contributed by atoms with E-state index in [9.17, 15) is 9.59 Å². The normalized spacial score (nSPS) is 13.6. The molecule has 0 spiro atoms. The third-order valence-corrected chi connectivity index (χ3v) is 2.67. The van der Waals surface area contributed by atoms with Crippen LogP contribution in [-0.2, 0) is 9.59 Å². The van der Waals surface area contributed by atoms with Crippen LogP contribution in [0.3, 0.4) is 0 Å². The van der Waals surface area contributed by atoms with Gasteiger partial charge in [-0.15, -0.1) is 0 Å². The fraction of sp³-hybridized carbons (Fsp3) is 0.750. The van der Waals surface area contributed by atoms with Crippen LogP contribution >= 0.6 is 0 Å². The van der Waals surface area contributed by atoms with Crippen molar-refractivity contribution in [3.63, 3.8) is 0 Å². The largest absolute Gasteiger partial charge is 0.480 e.